The molecule has 0 aliphatic carbocycles. The minimum Gasteiger partial charge on any atom is -0.383 e. The van der Waals surface area contributed by atoms with Gasteiger partial charge in [0.25, 0.3) is 0 Å². The molecule has 5 heteroatoms. The molecule has 2 aliphatic rings. The number of likely N-dealkylation sites (tertiary alicyclic amines) is 1. The van der Waals surface area contributed by atoms with Crippen LogP contribution in [0.2, 0.25) is 0 Å². The zero-order valence-corrected chi connectivity index (χ0v) is 11.4. The van der Waals surface area contributed by atoms with E-state index in [1.165, 1.54) is 0 Å². The number of aromatic nitrogens is 2. The molecular weight excluding hydrogens is 250 g/mol. The molecule has 2 fully saturated rings. The number of fused-ring (bicyclic) bond motifs is 2. The molecule has 5 nitrogen and oxygen atoms in total. The molecule has 104 valence electrons. The first kappa shape index (κ1) is 12.1. The number of nitrogens with two attached hydrogens (primary N) is 1. The van der Waals surface area contributed by atoms with E-state index >= 15 is 0 Å². The molecule has 3 heterocycles. The number of nitrogens with one attached hydrogen (secondary N) is 1. The van der Waals surface area contributed by atoms with Gasteiger partial charge < -0.3 is 11.1 Å². The number of para-hydroxylation sites is 1. The first-order chi connectivity index (χ1) is 9.79. The van der Waals surface area contributed by atoms with E-state index in [4.69, 9.17) is 5.73 Å². The average Bonchev–Trinajstić information content (AvgIpc) is 2.99. The number of hydrogen-bond donors (Lipinski definition) is 2. The Balaban J connectivity index is 1.57. The van der Waals surface area contributed by atoms with Crippen molar-refractivity contribution in [2.45, 2.75) is 6.54 Å². The lowest BCUT2D eigenvalue weighted by atomic mass is 10.0. The second-order valence-electron chi connectivity index (χ2n) is 5.91. The normalized spacial score (nSPS) is 26.2. The lowest BCUT2D eigenvalue weighted by molar-refractivity contribution is 0.298. The molecule has 0 unspecified atom stereocenters. The third-order valence-corrected chi connectivity index (χ3v) is 4.51. The summed E-state index contributed by atoms with van der Waals surface area (Å²) in [6, 6.07) is 7.93. The summed E-state index contributed by atoms with van der Waals surface area (Å²) in [5.41, 5.74) is 6.98. The maximum Gasteiger partial charge on any atom is 0.145 e. The maximum atomic E-state index is 6.04. The van der Waals surface area contributed by atoms with Crippen molar-refractivity contribution in [2.24, 2.45) is 11.8 Å². The van der Waals surface area contributed by atoms with Crippen LogP contribution in [0.3, 0.4) is 0 Å². The molecule has 0 radical (unpaired) electrons. The fraction of sp³-hybridized carbons (Fsp3) is 0.467. The number of hydrogen-bond acceptors (Lipinski definition) is 5. The highest BCUT2D eigenvalue weighted by atomic mass is 15.2. The molecule has 4 rings (SSSR count). The summed E-state index contributed by atoms with van der Waals surface area (Å²) in [7, 11) is 0. The maximum absolute atomic E-state index is 6.04. The lowest BCUT2D eigenvalue weighted by Gasteiger charge is -2.16. The van der Waals surface area contributed by atoms with E-state index in [9.17, 15) is 0 Å². The monoisotopic (exact) mass is 269 g/mol. The summed E-state index contributed by atoms with van der Waals surface area (Å²) >= 11 is 0. The molecule has 2 saturated heterocycles. The number of nitrogen functional groups attached to an aromatic ring is 1. The molecule has 2 aliphatic heterocycles. The smallest absolute Gasteiger partial charge is 0.145 e. The molecule has 0 bridgehead atoms. The Bertz CT molecular complexity index is 629. The molecule has 1 aromatic carbocycles. The molecule has 1 aromatic heterocycles. The average molecular weight is 269 g/mol. The Morgan fingerprint density at radius 1 is 1.15 bits per heavy atom. The van der Waals surface area contributed by atoms with E-state index < -0.39 is 0 Å². The lowest BCUT2D eigenvalue weighted by Crippen LogP contribution is -2.26. The SMILES string of the molecule is Nc1nc(CN2C[C@H]3CNC[C@H]3C2)nc2ccccc12. The van der Waals surface area contributed by atoms with E-state index in [1.807, 2.05) is 24.3 Å². The first-order valence-corrected chi connectivity index (χ1v) is 7.24. The third kappa shape index (κ3) is 2.03. The predicted molar refractivity (Wildman–Crippen MR) is 79.1 cm³/mol. The van der Waals surface area contributed by atoms with E-state index in [0.717, 1.165) is 61.3 Å². The van der Waals surface area contributed by atoms with Crippen molar-refractivity contribution in [1.29, 1.82) is 0 Å². The van der Waals surface area contributed by atoms with Crippen LogP contribution in [0.25, 0.3) is 10.9 Å². The van der Waals surface area contributed by atoms with Crippen LogP contribution < -0.4 is 11.1 Å². The Labute approximate surface area is 118 Å². The van der Waals surface area contributed by atoms with Crippen LogP contribution in [0.1, 0.15) is 5.82 Å². The van der Waals surface area contributed by atoms with Gasteiger partial charge in [-0.2, -0.15) is 0 Å². The minimum atomic E-state index is 0.589. The summed E-state index contributed by atoms with van der Waals surface area (Å²) in [6.07, 6.45) is 0. The fourth-order valence-electron chi connectivity index (χ4n) is 3.50. The van der Waals surface area contributed by atoms with Gasteiger partial charge in [0.1, 0.15) is 11.6 Å². The number of anilines is 1. The van der Waals surface area contributed by atoms with Gasteiger partial charge in [0.2, 0.25) is 0 Å². The molecule has 2 atom stereocenters. The Morgan fingerprint density at radius 3 is 2.70 bits per heavy atom. The minimum absolute atomic E-state index is 0.589. The zero-order chi connectivity index (χ0) is 13.5. The molecule has 20 heavy (non-hydrogen) atoms. The summed E-state index contributed by atoms with van der Waals surface area (Å²) in [6.45, 7) is 5.41. The summed E-state index contributed by atoms with van der Waals surface area (Å²) in [5, 5.41) is 4.41. The molecule has 0 saturated carbocycles. The first-order valence-electron chi connectivity index (χ1n) is 7.24. The van der Waals surface area contributed by atoms with Gasteiger partial charge in [-0.15, -0.1) is 0 Å². The van der Waals surface area contributed by atoms with Crippen molar-refractivity contribution >= 4 is 16.7 Å². The van der Waals surface area contributed by atoms with Crippen molar-refractivity contribution in [2.75, 3.05) is 31.9 Å². The van der Waals surface area contributed by atoms with Crippen LogP contribution in [0, 0.1) is 11.8 Å². The Hall–Kier alpha value is -1.72. The van der Waals surface area contributed by atoms with Gasteiger partial charge >= 0.3 is 0 Å². The standard InChI is InChI=1S/C15H19N5/c16-15-12-3-1-2-4-13(12)18-14(19-15)9-20-7-10-5-17-6-11(10)8-20/h1-4,10-11,17H,5-9H2,(H2,16,18,19)/t10-,11+. The van der Waals surface area contributed by atoms with Crippen LogP contribution in [-0.4, -0.2) is 41.0 Å². The third-order valence-electron chi connectivity index (χ3n) is 4.51. The van der Waals surface area contributed by atoms with Gasteiger partial charge in [-0.1, -0.05) is 12.1 Å². The van der Waals surface area contributed by atoms with Crippen molar-refractivity contribution < 1.29 is 0 Å². The largest absolute Gasteiger partial charge is 0.383 e. The molecule has 2 aromatic rings. The van der Waals surface area contributed by atoms with Gasteiger partial charge in [0.15, 0.2) is 0 Å². The predicted octanol–water partition coefficient (Wildman–Crippen LogP) is 0.863. The quantitative estimate of drug-likeness (QED) is 0.846. The number of nitrogens with zero attached hydrogens (tertiary/aromatic N) is 3. The molecule has 0 spiro atoms. The van der Waals surface area contributed by atoms with Crippen molar-refractivity contribution in [3.05, 3.63) is 30.1 Å². The summed E-state index contributed by atoms with van der Waals surface area (Å²) in [4.78, 5) is 11.6. The molecule has 3 N–H and O–H groups in total. The fourth-order valence-corrected chi connectivity index (χ4v) is 3.50. The number of benzene rings is 1. The van der Waals surface area contributed by atoms with Gasteiger partial charge in [0, 0.05) is 18.5 Å². The van der Waals surface area contributed by atoms with Gasteiger partial charge in [-0.3, -0.25) is 4.90 Å². The Kier molecular flexibility index (Phi) is 2.82. The zero-order valence-electron chi connectivity index (χ0n) is 11.4. The van der Waals surface area contributed by atoms with Crippen LogP contribution in [0.4, 0.5) is 5.82 Å². The van der Waals surface area contributed by atoms with Crippen molar-refractivity contribution in [3.63, 3.8) is 0 Å². The van der Waals surface area contributed by atoms with Crippen molar-refractivity contribution in [3.8, 4) is 0 Å². The van der Waals surface area contributed by atoms with E-state index in [1.54, 1.807) is 0 Å². The van der Waals surface area contributed by atoms with Gasteiger partial charge in [-0.25, -0.2) is 9.97 Å². The van der Waals surface area contributed by atoms with Crippen molar-refractivity contribution in [1.82, 2.24) is 20.2 Å². The topological polar surface area (TPSA) is 67.1 Å². The van der Waals surface area contributed by atoms with Crippen LogP contribution >= 0.6 is 0 Å². The Morgan fingerprint density at radius 2 is 1.90 bits per heavy atom. The van der Waals surface area contributed by atoms with Gasteiger partial charge in [0.05, 0.1) is 12.1 Å². The molecule has 0 amide bonds. The highest BCUT2D eigenvalue weighted by Crippen LogP contribution is 2.27. The van der Waals surface area contributed by atoms with Crippen LogP contribution in [0.5, 0.6) is 0 Å². The van der Waals surface area contributed by atoms with Gasteiger partial charge in [-0.05, 0) is 37.1 Å². The van der Waals surface area contributed by atoms with E-state index in [-0.39, 0.29) is 0 Å². The summed E-state index contributed by atoms with van der Waals surface area (Å²) < 4.78 is 0. The summed E-state index contributed by atoms with van der Waals surface area (Å²) in [5.74, 6) is 3.03. The highest BCUT2D eigenvalue weighted by molar-refractivity contribution is 5.87. The highest BCUT2D eigenvalue weighted by Gasteiger charge is 2.36. The van der Waals surface area contributed by atoms with Crippen LogP contribution in [0.15, 0.2) is 24.3 Å². The molecular formula is C15H19N5. The van der Waals surface area contributed by atoms with E-state index in [0.29, 0.717) is 5.82 Å². The second-order valence-corrected chi connectivity index (χ2v) is 5.91. The second kappa shape index (κ2) is 4.68. The van der Waals surface area contributed by atoms with E-state index in [2.05, 4.69) is 20.2 Å². The number of rotatable bonds is 2. The van der Waals surface area contributed by atoms with Crippen LogP contribution in [-0.2, 0) is 6.54 Å².